The number of benzene rings is 1. The normalized spacial score (nSPS) is 16.7. The van der Waals surface area contributed by atoms with Gasteiger partial charge in [0.15, 0.2) is 0 Å². The van der Waals surface area contributed by atoms with Crippen LogP contribution in [0.2, 0.25) is 0 Å². The summed E-state index contributed by atoms with van der Waals surface area (Å²) in [6.07, 6.45) is 2.02. The molecular weight excluding hydrogens is 226 g/mol. The van der Waals surface area contributed by atoms with Gasteiger partial charge in [-0.1, -0.05) is 12.1 Å². The standard InChI is InChI=1S/C14H21N3O/c1-11-3-2-4-13(9-11)16-14(18)17-7-5-12(10-15)6-8-17/h2-4,9,12H,5-8,10,15H2,1H3,(H,16,18). The van der Waals surface area contributed by atoms with Gasteiger partial charge in [0.2, 0.25) is 0 Å². The molecule has 2 amide bonds. The summed E-state index contributed by atoms with van der Waals surface area (Å²) in [6.45, 7) is 4.36. The molecule has 1 saturated heterocycles. The number of rotatable bonds is 2. The number of nitrogens with one attached hydrogen (secondary N) is 1. The number of carbonyl (C=O) groups excluding carboxylic acids is 1. The predicted molar refractivity (Wildman–Crippen MR) is 73.5 cm³/mol. The number of nitrogens with two attached hydrogens (primary N) is 1. The summed E-state index contributed by atoms with van der Waals surface area (Å²) in [6, 6.07) is 7.85. The van der Waals surface area contributed by atoms with Gasteiger partial charge in [-0.2, -0.15) is 0 Å². The molecule has 0 unspecified atom stereocenters. The number of nitrogens with zero attached hydrogens (tertiary/aromatic N) is 1. The molecule has 18 heavy (non-hydrogen) atoms. The van der Waals surface area contributed by atoms with Crippen molar-refractivity contribution in [3.05, 3.63) is 29.8 Å². The largest absolute Gasteiger partial charge is 0.330 e. The molecular formula is C14H21N3O. The van der Waals surface area contributed by atoms with Gasteiger partial charge in [0.1, 0.15) is 0 Å². The highest BCUT2D eigenvalue weighted by Crippen LogP contribution is 2.17. The van der Waals surface area contributed by atoms with E-state index < -0.39 is 0 Å². The number of anilines is 1. The van der Waals surface area contributed by atoms with E-state index in [2.05, 4.69) is 5.32 Å². The molecule has 1 heterocycles. The first-order valence-corrected chi connectivity index (χ1v) is 6.51. The van der Waals surface area contributed by atoms with Gasteiger partial charge in [-0.25, -0.2) is 4.79 Å². The highest BCUT2D eigenvalue weighted by Gasteiger charge is 2.21. The molecule has 1 aromatic rings. The van der Waals surface area contributed by atoms with Gasteiger partial charge in [-0.15, -0.1) is 0 Å². The van der Waals surface area contributed by atoms with Crippen LogP contribution < -0.4 is 11.1 Å². The number of amides is 2. The number of hydrogen-bond acceptors (Lipinski definition) is 2. The fraction of sp³-hybridized carbons (Fsp3) is 0.500. The lowest BCUT2D eigenvalue weighted by Gasteiger charge is -2.31. The minimum Gasteiger partial charge on any atom is -0.330 e. The maximum Gasteiger partial charge on any atom is 0.321 e. The molecule has 4 heteroatoms. The van der Waals surface area contributed by atoms with E-state index >= 15 is 0 Å². The zero-order valence-corrected chi connectivity index (χ0v) is 10.9. The summed E-state index contributed by atoms with van der Waals surface area (Å²) >= 11 is 0. The molecule has 1 aliphatic rings. The van der Waals surface area contributed by atoms with E-state index in [1.807, 2.05) is 36.1 Å². The second kappa shape index (κ2) is 5.87. The molecule has 1 aromatic carbocycles. The third kappa shape index (κ3) is 3.23. The molecule has 0 aromatic heterocycles. The van der Waals surface area contributed by atoms with Crippen LogP contribution in [-0.4, -0.2) is 30.6 Å². The van der Waals surface area contributed by atoms with E-state index in [-0.39, 0.29) is 6.03 Å². The average molecular weight is 247 g/mol. The smallest absolute Gasteiger partial charge is 0.321 e. The number of likely N-dealkylation sites (tertiary alicyclic amines) is 1. The van der Waals surface area contributed by atoms with Crippen molar-refractivity contribution < 1.29 is 4.79 Å². The Labute approximate surface area is 108 Å². The Bertz CT molecular complexity index is 411. The van der Waals surface area contributed by atoms with E-state index in [0.29, 0.717) is 5.92 Å². The van der Waals surface area contributed by atoms with Gasteiger partial charge in [-0.3, -0.25) is 0 Å². The molecule has 1 aliphatic heterocycles. The maximum atomic E-state index is 12.1. The predicted octanol–water partition coefficient (Wildman–Crippen LogP) is 2.20. The quantitative estimate of drug-likeness (QED) is 0.841. The van der Waals surface area contributed by atoms with Crippen molar-refractivity contribution in [2.24, 2.45) is 11.7 Å². The minimum absolute atomic E-state index is 0.00364. The lowest BCUT2D eigenvalue weighted by molar-refractivity contribution is 0.184. The minimum atomic E-state index is -0.00364. The third-order valence-corrected chi connectivity index (χ3v) is 3.50. The molecule has 0 radical (unpaired) electrons. The zero-order chi connectivity index (χ0) is 13.0. The van der Waals surface area contributed by atoms with Crippen LogP contribution >= 0.6 is 0 Å². The van der Waals surface area contributed by atoms with E-state index in [9.17, 15) is 4.79 Å². The highest BCUT2D eigenvalue weighted by atomic mass is 16.2. The Morgan fingerprint density at radius 3 is 2.78 bits per heavy atom. The average Bonchev–Trinajstić information content (AvgIpc) is 2.39. The summed E-state index contributed by atoms with van der Waals surface area (Å²) in [5, 5.41) is 2.94. The summed E-state index contributed by atoms with van der Waals surface area (Å²) in [4.78, 5) is 13.9. The molecule has 1 fully saturated rings. The van der Waals surface area contributed by atoms with Crippen LogP contribution in [0, 0.1) is 12.8 Å². The number of urea groups is 1. The molecule has 0 spiro atoms. The fourth-order valence-electron chi connectivity index (χ4n) is 2.30. The summed E-state index contributed by atoms with van der Waals surface area (Å²) in [7, 11) is 0. The molecule has 0 atom stereocenters. The summed E-state index contributed by atoms with van der Waals surface area (Å²) in [5.74, 6) is 0.577. The molecule has 0 aliphatic carbocycles. The monoisotopic (exact) mass is 247 g/mol. The van der Waals surface area contributed by atoms with E-state index in [1.54, 1.807) is 0 Å². The van der Waals surface area contributed by atoms with Gasteiger partial charge >= 0.3 is 6.03 Å². The first-order chi connectivity index (χ1) is 8.69. The van der Waals surface area contributed by atoms with Crippen molar-refractivity contribution in [3.63, 3.8) is 0 Å². The Balaban J connectivity index is 1.89. The Morgan fingerprint density at radius 1 is 1.44 bits per heavy atom. The summed E-state index contributed by atoms with van der Waals surface area (Å²) in [5.41, 5.74) is 7.66. The van der Waals surface area contributed by atoms with E-state index in [1.165, 1.54) is 0 Å². The van der Waals surface area contributed by atoms with Gasteiger partial charge in [0.05, 0.1) is 0 Å². The zero-order valence-electron chi connectivity index (χ0n) is 10.9. The molecule has 4 nitrogen and oxygen atoms in total. The lowest BCUT2D eigenvalue weighted by atomic mass is 9.97. The summed E-state index contributed by atoms with van der Waals surface area (Å²) < 4.78 is 0. The second-order valence-corrected chi connectivity index (χ2v) is 4.97. The number of carbonyl (C=O) groups is 1. The van der Waals surface area contributed by atoms with Gasteiger partial charge in [0.25, 0.3) is 0 Å². The van der Waals surface area contributed by atoms with Crippen molar-refractivity contribution in [2.75, 3.05) is 25.0 Å². The van der Waals surface area contributed by atoms with Crippen LogP contribution in [0.15, 0.2) is 24.3 Å². The van der Waals surface area contributed by atoms with Crippen molar-refractivity contribution in [2.45, 2.75) is 19.8 Å². The number of aryl methyl sites for hydroxylation is 1. The first-order valence-electron chi connectivity index (χ1n) is 6.51. The molecule has 2 rings (SSSR count). The first kappa shape index (κ1) is 12.9. The molecule has 3 N–H and O–H groups in total. The number of piperidine rings is 1. The third-order valence-electron chi connectivity index (χ3n) is 3.50. The SMILES string of the molecule is Cc1cccc(NC(=O)N2CCC(CN)CC2)c1. The fourth-order valence-corrected chi connectivity index (χ4v) is 2.30. The van der Waals surface area contributed by atoms with Crippen molar-refractivity contribution in [1.29, 1.82) is 0 Å². The van der Waals surface area contributed by atoms with Crippen molar-refractivity contribution in [3.8, 4) is 0 Å². The Kier molecular flexibility index (Phi) is 4.20. The van der Waals surface area contributed by atoms with Crippen LogP contribution in [-0.2, 0) is 0 Å². The second-order valence-electron chi connectivity index (χ2n) is 4.97. The van der Waals surface area contributed by atoms with Crippen LogP contribution in [0.4, 0.5) is 10.5 Å². The molecule has 0 saturated carbocycles. The van der Waals surface area contributed by atoms with Crippen LogP contribution in [0.1, 0.15) is 18.4 Å². The Hall–Kier alpha value is -1.55. The van der Waals surface area contributed by atoms with Crippen LogP contribution in [0.3, 0.4) is 0 Å². The van der Waals surface area contributed by atoms with Crippen molar-refractivity contribution >= 4 is 11.7 Å². The van der Waals surface area contributed by atoms with Crippen LogP contribution in [0.25, 0.3) is 0 Å². The Morgan fingerprint density at radius 2 is 2.17 bits per heavy atom. The topological polar surface area (TPSA) is 58.4 Å². The molecule has 0 bridgehead atoms. The van der Waals surface area contributed by atoms with Crippen molar-refractivity contribution in [1.82, 2.24) is 4.90 Å². The van der Waals surface area contributed by atoms with E-state index in [4.69, 9.17) is 5.73 Å². The number of hydrogen-bond donors (Lipinski definition) is 2. The highest BCUT2D eigenvalue weighted by molar-refractivity contribution is 5.89. The lowest BCUT2D eigenvalue weighted by Crippen LogP contribution is -2.42. The van der Waals surface area contributed by atoms with Gasteiger partial charge in [-0.05, 0) is 49.9 Å². The van der Waals surface area contributed by atoms with E-state index in [0.717, 1.165) is 43.7 Å². The van der Waals surface area contributed by atoms with Crippen LogP contribution in [0.5, 0.6) is 0 Å². The van der Waals surface area contributed by atoms with Gasteiger partial charge < -0.3 is 16.0 Å². The maximum absolute atomic E-state index is 12.1. The van der Waals surface area contributed by atoms with Gasteiger partial charge in [0, 0.05) is 18.8 Å². The molecule has 98 valence electrons.